The predicted octanol–water partition coefficient (Wildman–Crippen LogP) is 16.1. The van der Waals surface area contributed by atoms with Crippen molar-refractivity contribution in [2.45, 2.75) is 36.8 Å². The van der Waals surface area contributed by atoms with Gasteiger partial charge in [-0.3, -0.25) is 14.5 Å². The summed E-state index contributed by atoms with van der Waals surface area (Å²) in [6.45, 7) is 4.48. The van der Waals surface area contributed by atoms with Crippen molar-refractivity contribution < 1.29 is 19.1 Å². The molecule has 1 saturated heterocycles. The Morgan fingerprint density at radius 2 is 0.392 bits per heavy atom. The first kappa shape index (κ1) is 29.2. The Kier molecular flexibility index (Phi) is 2.64. The molecule has 5 nitrogen and oxygen atoms in total. The van der Waals surface area contributed by atoms with Gasteiger partial charge in [-0.25, -0.2) is 0 Å². The fourth-order valence-corrected chi connectivity index (χ4v) is 26.2. The van der Waals surface area contributed by atoms with E-state index in [1.54, 1.807) is 97.0 Å². The molecular weight excluding hydrogens is 907 g/mol. The average molecular weight is 922 g/mol. The normalized spacial score (nSPS) is 24.1. The van der Waals surface area contributed by atoms with E-state index in [0.29, 0.717) is 0 Å². The van der Waals surface area contributed by atoms with Gasteiger partial charge in [-0.15, -0.1) is 0 Å². The average Bonchev–Trinajstić information content (AvgIpc) is 4.27. The van der Waals surface area contributed by atoms with Crippen molar-refractivity contribution in [3.05, 3.63) is 22.3 Å². The van der Waals surface area contributed by atoms with E-state index in [0.717, 1.165) is 0 Å². The van der Waals surface area contributed by atoms with E-state index >= 15 is 9.59 Å². The molecule has 0 unspecified atom stereocenters. The number of likely N-dealkylation sites (N-methyl/N-ethyl adjacent to an activating group) is 1. The number of hydrogen-bond donors (Lipinski definition) is 0. The summed E-state index contributed by atoms with van der Waals surface area (Å²) in [5.74, 6) is -0.419. The molecule has 4 aliphatic carbocycles. The van der Waals surface area contributed by atoms with Crippen LogP contribution in [0.1, 0.15) is 36.1 Å². The maximum atomic E-state index is 16.3. The Morgan fingerprint density at radius 1 is 0.270 bits per heavy atom. The van der Waals surface area contributed by atoms with Crippen LogP contribution in [-0.2, 0) is 29.9 Å². The fourth-order valence-electron chi connectivity index (χ4n) is 26.2. The number of nitrogens with zero attached hydrogens (tertiary/aromatic N) is 1. The van der Waals surface area contributed by atoms with Crippen molar-refractivity contribution in [1.29, 1.82) is 0 Å². The highest BCUT2D eigenvalue weighted by molar-refractivity contribution is 6.82. The molecule has 0 radical (unpaired) electrons. The minimum atomic E-state index is -0.989. The Hall–Kier alpha value is -8.64. The molecule has 1 heterocycles. The summed E-state index contributed by atoms with van der Waals surface area (Å²) in [7, 11) is 2.12. The lowest BCUT2D eigenvalue weighted by molar-refractivity contribution is -0.153. The van der Waals surface area contributed by atoms with Gasteiger partial charge in [0, 0.05) is 0 Å². The van der Waals surface area contributed by atoms with Gasteiger partial charge in [-0.2, -0.15) is 0 Å². The van der Waals surface area contributed by atoms with Gasteiger partial charge < -0.3 is 9.47 Å². The Morgan fingerprint density at radius 3 is 0.514 bits per heavy atom. The van der Waals surface area contributed by atoms with E-state index in [9.17, 15) is 0 Å². The predicted molar refractivity (Wildman–Crippen MR) is 302 cm³/mol. The van der Waals surface area contributed by atoms with Crippen LogP contribution in [0.3, 0.4) is 0 Å². The van der Waals surface area contributed by atoms with Gasteiger partial charge >= 0.3 is 11.9 Å². The SMILES string of the molecule is CCOC(=O)[C@H]1N(C)[C@H](C(=O)OCC)C23c4c5c6c7c8c9c(c%10c%11c2c2c4c4c%12c5c5c6c6c8c8c%13c9c9c%10c%10c%11c%11c2c2c4c4c%12c%12c5c5c6c8c6c8c%13c9c9c%10c%10c%11c2c2c4c4c%12c5c6c5c8c9c%10c2c45)C713. The molecule has 0 bridgehead atoms. The quantitative estimate of drug-likeness (QED) is 0.130. The molecule has 0 aromatic heterocycles. The van der Waals surface area contributed by atoms with E-state index in [4.69, 9.17) is 9.47 Å². The van der Waals surface area contributed by atoms with E-state index in [2.05, 4.69) is 11.9 Å². The lowest BCUT2D eigenvalue weighted by Gasteiger charge is -2.52. The molecular formula is C69H15NO4. The van der Waals surface area contributed by atoms with Crippen molar-refractivity contribution in [2.24, 2.45) is 0 Å². The molecule has 2 spiro atoms. The van der Waals surface area contributed by atoms with Crippen LogP contribution >= 0.6 is 0 Å². The van der Waals surface area contributed by atoms with Crippen molar-refractivity contribution >= 4 is 303 Å². The maximum Gasteiger partial charge on any atom is 0.324 e. The van der Waals surface area contributed by atoms with Crippen LogP contribution in [0.15, 0.2) is 0 Å². The minimum Gasteiger partial charge on any atom is -0.465 e. The van der Waals surface area contributed by atoms with Crippen molar-refractivity contribution in [1.82, 2.24) is 4.90 Å². The number of carbonyl (C=O) groups is 2. The van der Waals surface area contributed by atoms with E-state index in [1.807, 2.05) is 13.8 Å². The summed E-state index contributed by atoms with van der Waals surface area (Å²) in [6.07, 6.45) is 0. The maximum absolute atomic E-state index is 16.3. The van der Waals surface area contributed by atoms with Gasteiger partial charge in [0.05, 0.1) is 24.0 Å². The van der Waals surface area contributed by atoms with Gasteiger partial charge in [0.25, 0.3) is 0 Å². The summed E-state index contributed by atoms with van der Waals surface area (Å²) in [4.78, 5) is 34.8. The molecule has 2 atom stereocenters. The summed E-state index contributed by atoms with van der Waals surface area (Å²) in [6, 6.07) is -1.57. The Balaban J connectivity index is 1.16. The van der Waals surface area contributed by atoms with E-state index < -0.39 is 22.9 Å². The monoisotopic (exact) mass is 921 g/mol. The number of likely N-dealkylation sites (tertiary alicyclic amines) is 1. The summed E-state index contributed by atoms with van der Waals surface area (Å²) in [5.41, 5.74) is 3.43. The molecule has 0 N–H and O–H groups in total. The lowest BCUT2D eigenvalue weighted by Crippen LogP contribution is -2.59. The minimum absolute atomic E-state index is 0.210. The number of carbonyl (C=O) groups excluding carboxylic acids is 2. The molecule has 0 amide bonds. The molecule has 320 valence electrons. The second-order valence-electron chi connectivity index (χ2n) is 26.3. The molecule has 28 aromatic rings. The first-order valence-corrected chi connectivity index (χ1v) is 27.4. The Labute approximate surface area is 404 Å². The smallest absolute Gasteiger partial charge is 0.324 e. The molecule has 74 heavy (non-hydrogen) atoms. The van der Waals surface area contributed by atoms with Crippen LogP contribution in [0.2, 0.25) is 0 Å². The standard InChI is InChI=1S/C69H15NO4/c1-4-73-66(71)64-68-60-52-44-34-24-16-8-6-7-10-14-12(8)20-28-22(14)32-26-18(10)19-11(7)15-13-9(6)17(16)25-31-21(13)29-23(15)33-27(19)37-36(26)46-40(32)50-42(28)48(38(44)30(20)24)56(60)58(50)62-54(46)55-47(37)41(33)51-43(29)49-39(31)45(35(25)34)53(52)61(68)57(49)59(51)63(55)69(62,68)65(70(64)3)67(72)74-5-2/h64-65H,4-5H2,1-3H3/t64-,65-,68?,69?/m1/s1. The highest BCUT2D eigenvalue weighted by atomic mass is 16.5. The second-order valence-corrected chi connectivity index (χ2v) is 26.3. The third kappa shape index (κ3) is 1.55. The molecule has 28 aromatic carbocycles. The largest absolute Gasteiger partial charge is 0.465 e. The second kappa shape index (κ2) is 6.70. The van der Waals surface area contributed by atoms with Crippen molar-refractivity contribution in [2.75, 3.05) is 20.3 Å². The number of benzene rings is 18. The van der Waals surface area contributed by atoms with Gasteiger partial charge in [0.15, 0.2) is 0 Å². The first-order valence-electron chi connectivity index (χ1n) is 27.4. The number of rotatable bonds is 4. The Bertz CT molecular complexity index is 6790. The summed E-state index contributed by atoms with van der Waals surface area (Å²) in [5, 5.41) is 81.1. The highest BCUT2D eigenvalue weighted by Crippen LogP contribution is 2.86. The molecule has 1 aliphatic heterocycles. The van der Waals surface area contributed by atoms with Crippen LogP contribution < -0.4 is 0 Å². The molecule has 5 heteroatoms. The number of ether oxygens (including phenoxy) is 2. The summed E-state index contributed by atoms with van der Waals surface area (Å²) >= 11 is 0. The van der Waals surface area contributed by atoms with Crippen LogP contribution in [0.5, 0.6) is 0 Å². The topological polar surface area (TPSA) is 55.8 Å². The van der Waals surface area contributed by atoms with Gasteiger partial charge in [-0.1, -0.05) is 0 Å². The van der Waals surface area contributed by atoms with Crippen LogP contribution in [0.4, 0.5) is 0 Å². The van der Waals surface area contributed by atoms with Gasteiger partial charge in [0.2, 0.25) is 0 Å². The van der Waals surface area contributed by atoms with Crippen LogP contribution in [-0.4, -0.2) is 49.2 Å². The van der Waals surface area contributed by atoms with Crippen molar-refractivity contribution in [3.63, 3.8) is 0 Å². The molecule has 33 rings (SSSR count). The first-order chi connectivity index (χ1) is 36.6. The van der Waals surface area contributed by atoms with Gasteiger partial charge in [0.1, 0.15) is 12.1 Å². The van der Waals surface area contributed by atoms with Crippen molar-refractivity contribution in [3.8, 4) is 0 Å². The lowest BCUT2D eigenvalue weighted by atomic mass is 9.46. The molecule has 5 aliphatic rings. The molecule has 0 saturated carbocycles. The molecule has 1 fully saturated rings. The number of hydrogen-bond acceptors (Lipinski definition) is 5. The third-order valence-corrected chi connectivity index (χ3v) is 26.1. The van der Waals surface area contributed by atoms with Gasteiger partial charge in [-0.05, 0) is 334 Å². The zero-order valence-electron chi connectivity index (χ0n) is 38.6. The third-order valence-electron chi connectivity index (χ3n) is 26.1. The highest BCUT2D eigenvalue weighted by Gasteiger charge is 2.82. The summed E-state index contributed by atoms with van der Waals surface area (Å²) < 4.78 is 13.2. The van der Waals surface area contributed by atoms with Crippen LogP contribution in [0, 0.1) is 0 Å². The zero-order valence-corrected chi connectivity index (χ0v) is 38.6. The zero-order chi connectivity index (χ0) is 45.2. The van der Waals surface area contributed by atoms with E-state index in [-0.39, 0.29) is 25.2 Å². The van der Waals surface area contributed by atoms with Crippen LogP contribution in [0.25, 0.3) is 291 Å². The van der Waals surface area contributed by atoms with E-state index in [1.165, 1.54) is 216 Å². The fraction of sp³-hybridized carbons (Fsp3) is 0.130. The number of esters is 2.